The van der Waals surface area contributed by atoms with Crippen molar-refractivity contribution in [2.45, 2.75) is 0 Å². The molecule has 2 nitrogen and oxygen atoms in total. The summed E-state index contributed by atoms with van der Waals surface area (Å²) < 4.78 is 7.93. The van der Waals surface area contributed by atoms with E-state index in [0.717, 1.165) is 16.7 Å². The molecule has 0 atom stereocenters. The van der Waals surface area contributed by atoms with Crippen LogP contribution in [0.4, 0.5) is 0 Å². The van der Waals surface area contributed by atoms with Gasteiger partial charge in [-0.3, -0.25) is 0 Å². The molecular formula is C15H11Cl2NO. The molecule has 3 aromatic rings. The van der Waals surface area contributed by atoms with Crippen LogP contribution in [-0.2, 0) is 7.05 Å². The van der Waals surface area contributed by atoms with Gasteiger partial charge in [-0.15, -0.1) is 0 Å². The maximum absolute atomic E-state index is 6.14. The summed E-state index contributed by atoms with van der Waals surface area (Å²) in [6.45, 7) is 0. The molecule has 1 aromatic heterocycles. The van der Waals surface area contributed by atoms with Gasteiger partial charge in [-0.25, -0.2) is 0 Å². The Morgan fingerprint density at radius 1 is 0.947 bits per heavy atom. The highest BCUT2D eigenvalue weighted by Gasteiger charge is 2.09. The van der Waals surface area contributed by atoms with Crippen LogP contribution in [0.25, 0.3) is 10.9 Å². The maximum Gasteiger partial charge on any atom is 0.147 e. The quantitative estimate of drug-likeness (QED) is 0.627. The minimum atomic E-state index is 0.428. The highest BCUT2D eigenvalue weighted by atomic mass is 35.5. The van der Waals surface area contributed by atoms with Crippen molar-refractivity contribution in [2.24, 2.45) is 7.05 Å². The van der Waals surface area contributed by atoms with Crippen LogP contribution in [-0.4, -0.2) is 4.57 Å². The SMILES string of the molecule is Cn1ccc2c(Oc3cccc(Cl)c3Cl)cccc21. The smallest absolute Gasteiger partial charge is 0.147 e. The lowest BCUT2D eigenvalue weighted by Gasteiger charge is -2.09. The summed E-state index contributed by atoms with van der Waals surface area (Å²) in [4.78, 5) is 0. The van der Waals surface area contributed by atoms with E-state index in [9.17, 15) is 0 Å². The average Bonchev–Trinajstić information content (AvgIpc) is 2.78. The van der Waals surface area contributed by atoms with E-state index >= 15 is 0 Å². The van der Waals surface area contributed by atoms with E-state index < -0.39 is 0 Å². The lowest BCUT2D eigenvalue weighted by atomic mass is 10.2. The first kappa shape index (κ1) is 12.4. The molecule has 3 rings (SSSR count). The number of benzene rings is 2. The summed E-state index contributed by atoms with van der Waals surface area (Å²) in [5, 5.41) is 1.96. The Morgan fingerprint density at radius 2 is 1.68 bits per heavy atom. The van der Waals surface area contributed by atoms with Crippen molar-refractivity contribution in [3.8, 4) is 11.5 Å². The number of aromatic nitrogens is 1. The van der Waals surface area contributed by atoms with Crippen LogP contribution >= 0.6 is 23.2 Å². The van der Waals surface area contributed by atoms with Crippen molar-refractivity contribution in [3.05, 3.63) is 58.7 Å². The van der Waals surface area contributed by atoms with Gasteiger partial charge in [0.25, 0.3) is 0 Å². The number of fused-ring (bicyclic) bond motifs is 1. The van der Waals surface area contributed by atoms with Crippen LogP contribution in [0, 0.1) is 0 Å². The monoisotopic (exact) mass is 291 g/mol. The molecule has 0 radical (unpaired) electrons. The van der Waals surface area contributed by atoms with E-state index in [1.165, 1.54) is 0 Å². The average molecular weight is 292 g/mol. The number of hydrogen-bond donors (Lipinski definition) is 0. The van der Waals surface area contributed by atoms with E-state index in [0.29, 0.717) is 15.8 Å². The van der Waals surface area contributed by atoms with Crippen LogP contribution in [0.2, 0.25) is 10.0 Å². The number of ether oxygens (including phenoxy) is 1. The Labute approximate surface area is 121 Å². The first-order chi connectivity index (χ1) is 9.16. The summed E-state index contributed by atoms with van der Waals surface area (Å²) >= 11 is 12.1. The van der Waals surface area contributed by atoms with Gasteiger partial charge >= 0.3 is 0 Å². The molecule has 4 heteroatoms. The fraction of sp³-hybridized carbons (Fsp3) is 0.0667. The third kappa shape index (κ3) is 2.18. The number of halogens is 2. The fourth-order valence-electron chi connectivity index (χ4n) is 2.04. The molecule has 0 saturated carbocycles. The predicted octanol–water partition coefficient (Wildman–Crippen LogP) is 5.28. The number of hydrogen-bond acceptors (Lipinski definition) is 1. The first-order valence-corrected chi connectivity index (χ1v) is 6.58. The Balaban J connectivity index is 2.08. The van der Waals surface area contributed by atoms with Crippen LogP contribution in [0.15, 0.2) is 48.7 Å². The van der Waals surface area contributed by atoms with E-state index in [1.54, 1.807) is 12.1 Å². The zero-order chi connectivity index (χ0) is 13.4. The van der Waals surface area contributed by atoms with E-state index in [4.69, 9.17) is 27.9 Å². The minimum Gasteiger partial charge on any atom is -0.455 e. The van der Waals surface area contributed by atoms with Crippen molar-refractivity contribution < 1.29 is 4.74 Å². The highest BCUT2D eigenvalue weighted by Crippen LogP contribution is 2.37. The minimum absolute atomic E-state index is 0.428. The van der Waals surface area contributed by atoms with E-state index in [-0.39, 0.29) is 0 Å². The zero-order valence-corrected chi connectivity index (χ0v) is 11.7. The molecule has 0 amide bonds. The summed E-state index contributed by atoms with van der Waals surface area (Å²) in [6, 6.07) is 13.3. The molecule has 19 heavy (non-hydrogen) atoms. The van der Waals surface area contributed by atoms with Gasteiger partial charge in [-0.1, -0.05) is 35.3 Å². The Kier molecular flexibility index (Phi) is 3.13. The number of aryl methyl sites for hydroxylation is 1. The molecule has 2 aromatic carbocycles. The summed E-state index contributed by atoms with van der Waals surface area (Å²) in [7, 11) is 2.00. The Morgan fingerprint density at radius 3 is 2.53 bits per heavy atom. The third-order valence-electron chi connectivity index (χ3n) is 3.02. The van der Waals surface area contributed by atoms with Crippen LogP contribution < -0.4 is 4.74 Å². The molecule has 1 heterocycles. The normalized spacial score (nSPS) is 10.9. The summed E-state index contributed by atoms with van der Waals surface area (Å²) in [5.74, 6) is 1.33. The lowest BCUT2D eigenvalue weighted by Crippen LogP contribution is -1.88. The van der Waals surface area contributed by atoms with Crippen LogP contribution in [0.5, 0.6) is 11.5 Å². The van der Waals surface area contributed by atoms with Gasteiger partial charge in [-0.05, 0) is 30.3 Å². The molecule has 0 aliphatic heterocycles. The molecule has 0 aliphatic rings. The van der Waals surface area contributed by atoms with Crippen molar-refractivity contribution in [1.29, 1.82) is 0 Å². The molecule has 0 aliphatic carbocycles. The van der Waals surface area contributed by atoms with Crippen molar-refractivity contribution >= 4 is 34.1 Å². The van der Waals surface area contributed by atoms with Gasteiger partial charge in [0.1, 0.15) is 16.5 Å². The van der Waals surface area contributed by atoms with Crippen molar-refractivity contribution in [1.82, 2.24) is 4.57 Å². The predicted molar refractivity (Wildman–Crippen MR) is 79.5 cm³/mol. The molecule has 96 valence electrons. The van der Waals surface area contributed by atoms with Crippen LogP contribution in [0.3, 0.4) is 0 Å². The lowest BCUT2D eigenvalue weighted by molar-refractivity contribution is 0.488. The standard InChI is InChI=1S/C15H11Cl2NO/c1-18-9-8-10-12(18)5-3-6-13(10)19-14-7-2-4-11(16)15(14)17/h2-9H,1H3. The fourth-order valence-corrected chi connectivity index (χ4v) is 2.37. The van der Waals surface area contributed by atoms with Gasteiger partial charge in [0.05, 0.1) is 10.5 Å². The first-order valence-electron chi connectivity index (χ1n) is 5.83. The second-order valence-electron chi connectivity index (χ2n) is 4.27. The molecular weight excluding hydrogens is 281 g/mol. The number of rotatable bonds is 2. The molecule has 0 spiro atoms. The van der Waals surface area contributed by atoms with Crippen LogP contribution in [0.1, 0.15) is 0 Å². The zero-order valence-electron chi connectivity index (χ0n) is 10.2. The molecule has 0 saturated heterocycles. The molecule has 0 N–H and O–H groups in total. The van der Waals surface area contributed by atoms with Gasteiger partial charge in [-0.2, -0.15) is 0 Å². The molecule has 0 bridgehead atoms. The maximum atomic E-state index is 6.14. The van der Waals surface area contributed by atoms with Gasteiger partial charge < -0.3 is 9.30 Å². The van der Waals surface area contributed by atoms with Crippen molar-refractivity contribution in [3.63, 3.8) is 0 Å². The van der Waals surface area contributed by atoms with Crippen molar-refractivity contribution in [2.75, 3.05) is 0 Å². The van der Waals surface area contributed by atoms with E-state index in [2.05, 4.69) is 0 Å². The Bertz CT molecular complexity index is 749. The van der Waals surface area contributed by atoms with Gasteiger partial charge in [0.15, 0.2) is 0 Å². The van der Waals surface area contributed by atoms with Gasteiger partial charge in [0, 0.05) is 18.6 Å². The van der Waals surface area contributed by atoms with Gasteiger partial charge in [0.2, 0.25) is 0 Å². The summed E-state index contributed by atoms with van der Waals surface area (Å²) in [5.41, 5.74) is 1.11. The topological polar surface area (TPSA) is 14.2 Å². The third-order valence-corrected chi connectivity index (χ3v) is 3.83. The summed E-state index contributed by atoms with van der Waals surface area (Å²) in [6.07, 6.45) is 2.00. The molecule has 0 unspecified atom stereocenters. The largest absolute Gasteiger partial charge is 0.455 e. The highest BCUT2D eigenvalue weighted by molar-refractivity contribution is 6.42. The second-order valence-corrected chi connectivity index (χ2v) is 5.05. The van der Waals surface area contributed by atoms with E-state index in [1.807, 2.05) is 48.1 Å². The molecule has 0 fully saturated rings. The Hall–Kier alpha value is -1.64. The second kappa shape index (κ2) is 4.80. The number of nitrogens with zero attached hydrogens (tertiary/aromatic N) is 1.